The van der Waals surface area contributed by atoms with Gasteiger partial charge in [0.15, 0.2) is 0 Å². The van der Waals surface area contributed by atoms with Gasteiger partial charge in [0.1, 0.15) is 28.5 Å². The van der Waals surface area contributed by atoms with Crippen LogP contribution in [0.4, 0.5) is 0 Å². The van der Waals surface area contributed by atoms with Crippen molar-refractivity contribution < 1.29 is 13.7 Å². The number of rotatable bonds is 4. The minimum atomic E-state index is -0.242. The summed E-state index contributed by atoms with van der Waals surface area (Å²) in [7, 11) is 0. The molecule has 2 heterocycles. The van der Waals surface area contributed by atoms with E-state index < -0.39 is 0 Å². The van der Waals surface area contributed by atoms with Crippen LogP contribution in [0.2, 0.25) is 0 Å². The van der Waals surface area contributed by atoms with Gasteiger partial charge >= 0.3 is 0 Å². The lowest BCUT2D eigenvalue weighted by atomic mass is 10.1. The number of aryl methyl sites for hydroxylation is 2. The Hall–Kier alpha value is -2.82. The van der Waals surface area contributed by atoms with Crippen LogP contribution in [0.3, 0.4) is 0 Å². The van der Waals surface area contributed by atoms with Crippen molar-refractivity contribution in [3.8, 4) is 11.3 Å². The van der Waals surface area contributed by atoms with Gasteiger partial charge in [-0.15, -0.1) is 0 Å². The number of aromatic nitrogens is 1. The van der Waals surface area contributed by atoms with Crippen LogP contribution in [0.25, 0.3) is 11.3 Å². The number of benzene rings is 1. The zero-order valence-corrected chi connectivity index (χ0v) is 13.3. The molecule has 23 heavy (non-hydrogen) atoms. The lowest BCUT2D eigenvalue weighted by Gasteiger charge is -2.11. The maximum Gasteiger partial charge on any atom is 0.257 e. The van der Waals surface area contributed by atoms with Gasteiger partial charge in [-0.25, -0.2) is 0 Å². The second kappa shape index (κ2) is 6.12. The standard InChI is InChI=1S/C18H18N2O3/c1-11-9-10-15(22-11)12(2)19-18(21)16-13(3)23-20-17(16)14-7-5-4-6-8-14/h4-10,12H,1-3H3,(H,19,21). The highest BCUT2D eigenvalue weighted by Crippen LogP contribution is 2.26. The van der Waals surface area contributed by atoms with Crippen molar-refractivity contribution in [3.63, 3.8) is 0 Å². The SMILES string of the molecule is Cc1ccc(C(C)NC(=O)c2c(-c3ccccc3)noc2C)o1. The van der Waals surface area contributed by atoms with Crippen LogP contribution < -0.4 is 5.32 Å². The van der Waals surface area contributed by atoms with Crippen LogP contribution in [0.5, 0.6) is 0 Å². The molecule has 0 bridgehead atoms. The molecule has 1 atom stereocenters. The van der Waals surface area contributed by atoms with Crippen LogP contribution in [0.1, 0.15) is 40.6 Å². The van der Waals surface area contributed by atoms with E-state index >= 15 is 0 Å². The number of carbonyl (C=O) groups is 1. The second-order valence-corrected chi connectivity index (χ2v) is 5.47. The van der Waals surface area contributed by atoms with Crippen LogP contribution >= 0.6 is 0 Å². The Morgan fingerprint density at radius 1 is 1.13 bits per heavy atom. The molecule has 0 fully saturated rings. The van der Waals surface area contributed by atoms with E-state index in [1.54, 1.807) is 6.92 Å². The van der Waals surface area contributed by atoms with Gasteiger partial charge in [0.05, 0.1) is 6.04 Å². The lowest BCUT2D eigenvalue weighted by molar-refractivity contribution is 0.0934. The van der Waals surface area contributed by atoms with Gasteiger partial charge in [-0.3, -0.25) is 4.79 Å². The molecule has 118 valence electrons. The Bertz CT molecular complexity index is 818. The topological polar surface area (TPSA) is 68.3 Å². The van der Waals surface area contributed by atoms with Gasteiger partial charge in [-0.2, -0.15) is 0 Å². The highest BCUT2D eigenvalue weighted by atomic mass is 16.5. The number of amides is 1. The number of nitrogens with zero attached hydrogens (tertiary/aromatic N) is 1. The van der Waals surface area contributed by atoms with E-state index in [0.717, 1.165) is 11.3 Å². The molecule has 0 aliphatic heterocycles. The smallest absolute Gasteiger partial charge is 0.257 e. The summed E-state index contributed by atoms with van der Waals surface area (Å²) in [5.74, 6) is 1.78. The Balaban J connectivity index is 1.87. The lowest BCUT2D eigenvalue weighted by Crippen LogP contribution is -2.27. The molecular weight excluding hydrogens is 292 g/mol. The Morgan fingerprint density at radius 3 is 2.52 bits per heavy atom. The molecule has 2 aromatic heterocycles. The van der Waals surface area contributed by atoms with E-state index in [2.05, 4.69) is 10.5 Å². The molecule has 3 rings (SSSR count). The minimum absolute atomic E-state index is 0.232. The van der Waals surface area contributed by atoms with Crippen molar-refractivity contribution in [2.45, 2.75) is 26.8 Å². The molecule has 0 aliphatic carbocycles. The van der Waals surface area contributed by atoms with Crippen molar-refractivity contribution in [1.82, 2.24) is 10.5 Å². The molecule has 5 heteroatoms. The Labute approximate surface area is 134 Å². The van der Waals surface area contributed by atoms with Crippen molar-refractivity contribution in [2.24, 2.45) is 0 Å². The molecule has 5 nitrogen and oxygen atoms in total. The van der Waals surface area contributed by atoms with E-state index in [-0.39, 0.29) is 11.9 Å². The third kappa shape index (κ3) is 3.04. The largest absolute Gasteiger partial charge is 0.464 e. The molecule has 0 spiro atoms. The molecule has 3 aromatic rings. The molecule has 0 saturated carbocycles. The van der Waals surface area contributed by atoms with Crippen molar-refractivity contribution in [3.05, 3.63) is 65.3 Å². The molecule has 1 aromatic carbocycles. The highest BCUT2D eigenvalue weighted by molar-refractivity contribution is 6.00. The second-order valence-electron chi connectivity index (χ2n) is 5.47. The van der Waals surface area contributed by atoms with E-state index in [9.17, 15) is 4.79 Å². The summed E-state index contributed by atoms with van der Waals surface area (Å²) in [6, 6.07) is 13.0. The van der Waals surface area contributed by atoms with Gasteiger partial charge in [-0.1, -0.05) is 35.5 Å². The molecule has 0 saturated heterocycles. The monoisotopic (exact) mass is 310 g/mol. The number of hydrogen-bond acceptors (Lipinski definition) is 4. The average Bonchev–Trinajstić information content (AvgIpc) is 3.14. The summed E-state index contributed by atoms with van der Waals surface area (Å²) in [4.78, 5) is 12.7. The van der Waals surface area contributed by atoms with E-state index in [1.807, 2.05) is 56.3 Å². The van der Waals surface area contributed by atoms with E-state index in [1.165, 1.54) is 0 Å². The number of hydrogen-bond donors (Lipinski definition) is 1. The van der Waals surface area contributed by atoms with Gasteiger partial charge in [-0.05, 0) is 32.9 Å². The fourth-order valence-electron chi connectivity index (χ4n) is 2.46. The first-order valence-electron chi connectivity index (χ1n) is 7.45. The van der Waals surface area contributed by atoms with Gasteiger partial charge in [0.2, 0.25) is 0 Å². The molecular formula is C18H18N2O3. The molecule has 0 radical (unpaired) electrons. The number of furan rings is 1. The van der Waals surface area contributed by atoms with Crippen LogP contribution in [0, 0.1) is 13.8 Å². The fourth-order valence-corrected chi connectivity index (χ4v) is 2.46. The van der Waals surface area contributed by atoms with Crippen LogP contribution in [-0.2, 0) is 0 Å². The summed E-state index contributed by atoms with van der Waals surface area (Å²) in [5, 5.41) is 6.96. The first-order valence-corrected chi connectivity index (χ1v) is 7.45. The number of nitrogens with one attached hydrogen (secondary N) is 1. The van der Waals surface area contributed by atoms with Gasteiger partial charge in [0.25, 0.3) is 5.91 Å². The van der Waals surface area contributed by atoms with Gasteiger partial charge in [0, 0.05) is 5.56 Å². The fraction of sp³-hybridized carbons (Fsp3) is 0.222. The summed E-state index contributed by atoms with van der Waals surface area (Å²) < 4.78 is 10.8. The summed E-state index contributed by atoms with van der Waals surface area (Å²) in [6.07, 6.45) is 0. The van der Waals surface area contributed by atoms with Crippen LogP contribution in [-0.4, -0.2) is 11.1 Å². The zero-order valence-electron chi connectivity index (χ0n) is 13.3. The van der Waals surface area contributed by atoms with Crippen LogP contribution in [0.15, 0.2) is 51.4 Å². The van der Waals surface area contributed by atoms with Crippen molar-refractivity contribution in [1.29, 1.82) is 0 Å². The number of carbonyl (C=O) groups excluding carboxylic acids is 1. The first kappa shape index (κ1) is 15.1. The molecule has 1 amide bonds. The quantitative estimate of drug-likeness (QED) is 0.789. The molecule has 1 N–H and O–H groups in total. The van der Waals surface area contributed by atoms with Crippen molar-refractivity contribution >= 4 is 5.91 Å². The molecule has 1 unspecified atom stereocenters. The summed E-state index contributed by atoms with van der Waals surface area (Å²) in [5.41, 5.74) is 1.84. The maximum absolute atomic E-state index is 12.7. The van der Waals surface area contributed by atoms with Crippen molar-refractivity contribution in [2.75, 3.05) is 0 Å². The first-order chi connectivity index (χ1) is 11.1. The predicted molar refractivity (Wildman–Crippen MR) is 86.0 cm³/mol. The normalized spacial score (nSPS) is 12.1. The average molecular weight is 310 g/mol. The van der Waals surface area contributed by atoms with E-state index in [0.29, 0.717) is 22.8 Å². The third-order valence-electron chi connectivity index (χ3n) is 3.67. The Morgan fingerprint density at radius 2 is 1.87 bits per heavy atom. The maximum atomic E-state index is 12.7. The summed E-state index contributed by atoms with van der Waals surface area (Å²) >= 11 is 0. The predicted octanol–water partition coefficient (Wildman–Crippen LogP) is 4.04. The summed E-state index contributed by atoms with van der Waals surface area (Å²) in [6.45, 7) is 5.48. The van der Waals surface area contributed by atoms with E-state index in [4.69, 9.17) is 8.94 Å². The molecule has 0 aliphatic rings. The zero-order chi connectivity index (χ0) is 16.4. The third-order valence-corrected chi connectivity index (χ3v) is 3.67. The Kier molecular flexibility index (Phi) is 4.02. The highest BCUT2D eigenvalue weighted by Gasteiger charge is 2.23. The minimum Gasteiger partial charge on any atom is -0.464 e. The van der Waals surface area contributed by atoms with Gasteiger partial charge < -0.3 is 14.3 Å².